The van der Waals surface area contributed by atoms with Gasteiger partial charge in [-0.15, -0.1) is 0 Å². The summed E-state index contributed by atoms with van der Waals surface area (Å²) >= 11 is 0. The number of methoxy groups -OCH3 is 1. The molecule has 7 nitrogen and oxygen atoms in total. The molecule has 1 saturated carbocycles. The Balaban J connectivity index is 1.90. The highest BCUT2D eigenvalue weighted by molar-refractivity contribution is 5.81. The molecule has 0 spiro atoms. The molecule has 0 heterocycles. The molecule has 3 unspecified atom stereocenters. The topological polar surface area (TPSA) is 84.0 Å². The Hall–Kier alpha value is -2.44. The number of guanidine groups is 1. The number of carbonyl (C=O) groups excluding carboxylic acids is 1. The maximum atomic E-state index is 12.4. The van der Waals surface area contributed by atoms with Gasteiger partial charge in [0.05, 0.1) is 13.7 Å². The maximum Gasteiger partial charge on any atom is 0.223 e. The Morgan fingerprint density at radius 3 is 2.70 bits per heavy atom. The molecule has 0 radical (unpaired) electrons. The van der Waals surface area contributed by atoms with Crippen LogP contribution in [0, 0.1) is 5.92 Å². The predicted octanol–water partition coefficient (Wildman–Crippen LogP) is 3.10. The number of hydrogen-bond acceptors (Lipinski definition) is 4. The van der Waals surface area contributed by atoms with Gasteiger partial charge in [-0.25, -0.2) is 4.99 Å². The van der Waals surface area contributed by atoms with Crippen molar-refractivity contribution in [2.75, 3.05) is 20.2 Å². The smallest absolute Gasteiger partial charge is 0.223 e. The minimum absolute atomic E-state index is 0.0665. The number of nitrogens with one attached hydrogen (secondary N) is 3. The zero-order valence-electron chi connectivity index (χ0n) is 19.0. The molecule has 1 aromatic carbocycles. The Morgan fingerprint density at radius 1 is 1.23 bits per heavy atom. The fourth-order valence-electron chi connectivity index (χ4n) is 3.64. The second kappa shape index (κ2) is 12.3. The fraction of sp³-hybridized carbons (Fsp3) is 0.652. The highest BCUT2D eigenvalue weighted by Gasteiger charge is 2.28. The summed E-state index contributed by atoms with van der Waals surface area (Å²) in [5, 5.41) is 9.87. The normalized spacial score (nSPS) is 20.4. The maximum absolute atomic E-state index is 12.4. The molecule has 1 fully saturated rings. The highest BCUT2D eigenvalue weighted by Crippen LogP contribution is 2.24. The molecule has 0 bridgehead atoms. The van der Waals surface area contributed by atoms with Crippen molar-refractivity contribution in [1.29, 1.82) is 0 Å². The monoisotopic (exact) mass is 418 g/mol. The summed E-state index contributed by atoms with van der Waals surface area (Å²) in [6.45, 7) is 9.35. The van der Waals surface area contributed by atoms with Gasteiger partial charge >= 0.3 is 0 Å². The number of nitrogens with zero attached hydrogens (tertiary/aromatic N) is 1. The van der Waals surface area contributed by atoms with Crippen LogP contribution in [0.1, 0.15) is 53.4 Å². The zero-order chi connectivity index (χ0) is 21.9. The fourth-order valence-corrected chi connectivity index (χ4v) is 3.64. The van der Waals surface area contributed by atoms with E-state index in [-0.39, 0.29) is 30.0 Å². The van der Waals surface area contributed by atoms with E-state index in [4.69, 9.17) is 14.5 Å². The van der Waals surface area contributed by atoms with Gasteiger partial charge in [0.1, 0.15) is 17.6 Å². The first kappa shape index (κ1) is 23.8. The molecule has 3 atom stereocenters. The van der Waals surface area contributed by atoms with E-state index in [0.717, 1.165) is 49.7 Å². The lowest BCUT2D eigenvalue weighted by molar-refractivity contribution is -0.126. The van der Waals surface area contributed by atoms with Gasteiger partial charge in [-0.05, 0) is 59.1 Å². The van der Waals surface area contributed by atoms with Crippen molar-refractivity contribution in [3.8, 4) is 11.5 Å². The van der Waals surface area contributed by atoms with E-state index in [1.54, 1.807) is 7.11 Å². The molecule has 3 N–H and O–H groups in total. The third-order valence-electron chi connectivity index (χ3n) is 5.05. The standard InChI is InChI=1S/C23H38N4O3/c1-6-24-23(25-15-17(4)30-21-12-8-11-20(14-21)29-5)27-19-10-7-9-18(13-19)22(28)26-16(2)3/h8,11-12,14,16-19H,6-7,9-10,13,15H2,1-5H3,(H,26,28)(H2,24,25,27). The molecule has 2 rings (SSSR count). The van der Waals surface area contributed by atoms with Crippen LogP contribution < -0.4 is 25.4 Å². The van der Waals surface area contributed by atoms with Crippen molar-refractivity contribution in [3.63, 3.8) is 0 Å². The number of hydrogen-bond donors (Lipinski definition) is 3. The van der Waals surface area contributed by atoms with Gasteiger partial charge in [0.25, 0.3) is 0 Å². The summed E-state index contributed by atoms with van der Waals surface area (Å²) in [7, 11) is 1.64. The van der Waals surface area contributed by atoms with Gasteiger partial charge in [-0.1, -0.05) is 12.5 Å². The molecule has 1 aromatic rings. The molecular weight excluding hydrogens is 380 g/mol. The largest absolute Gasteiger partial charge is 0.497 e. The highest BCUT2D eigenvalue weighted by atomic mass is 16.5. The van der Waals surface area contributed by atoms with E-state index in [0.29, 0.717) is 6.54 Å². The lowest BCUT2D eigenvalue weighted by atomic mass is 9.85. The molecule has 0 aromatic heterocycles. The van der Waals surface area contributed by atoms with Crippen molar-refractivity contribution >= 4 is 11.9 Å². The summed E-state index contributed by atoms with van der Waals surface area (Å²) in [4.78, 5) is 17.1. The van der Waals surface area contributed by atoms with Gasteiger partial charge < -0.3 is 25.4 Å². The van der Waals surface area contributed by atoms with Crippen molar-refractivity contribution < 1.29 is 14.3 Å². The molecule has 1 aliphatic carbocycles. The molecule has 7 heteroatoms. The van der Waals surface area contributed by atoms with Gasteiger partial charge in [0, 0.05) is 30.6 Å². The minimum Gasteiger partial charge on any atom is -0.497 e. The van der Waals surface area contributed by atoms with Crippen LogP contribution in [-0.2, 0) is 4.79 Å². The van der Waals surface area contributed by atoms with Crippen LogP contribution in [0.5, 0.6) is 11.5 Å². The average molecular weight is 419 g/mol. The van der Waals surface area contributed by atoms with Crippen LogP contribution in [-0.4, -0.2) is 50.3 Å². The summed E-state index contributed by atoms with van der Waals surface area (Å²) < 4.78 is 11.2. The second-order valence-corrected chi connectivity index (χ2v) is 8.20. The Bertz CT molecular complexity index is 693. The van der Waals surface area contributed by atoms with Crippen molar-refractivity contribution in [1.82, 2.24) is 16.0 Å². The van der Waals surface area contributed by atoms with E-state index in [2.05, 4.69) is 16.0 Å². The number of rotatable bonds is 9. The summed E-state index contributed by atoms with van der Waals surface area (Å²) in [5.41, 5.74) is 0. The Morgan fingerprint density at radius 2 is 2.00 bits per heavy atom. The third-order valence-corrected chi connectivity index (χ3v) is 5.05. The van der Waals surface area contributed by atoms with Crippen LogP contribution in [0.25, 0.3) is 0 Å². The Labute approximate surface area is 181 Å². The average Bonchev–Trinajstić information content (AvgIpc) is 2.72. The lowest BCUT2D eigenvalue weighted by Gasteiger charge is -2.30. The van der Waals surface area contributed by atoms with Gasteiger partial charge in [-0.3, -0.25) is 4.79 Å². The van der Waals surface area contributed by atoms with Crippen LogP contribution in [0.4, 0.5) is 0 Å². The minimum atomic E-state index is -0.0801. The Kier molecular flexibility index (Phi) is 9.77. The summed E-state index contributed by atoms with van der Waals surface area (Å²) in [6.07, 6.45) is 3.80. The number of amides is 1. The molecule has 1 amide bonds. The van der Waals surface area contributed by atoms with E-state index < -0.39 is 0 Å². The molecular formula is C23H38N4O3. The first-order chi connectivity index (χ1) is 14.4. The number of benzene rings is 1. The van der Waals surface area contributed by atoms with Crippen LogP contribution in [0.2, 0.25) is 0 Å². The first-order valence-electron chi connectivity index (χ1n) is 11.1. The van der Waals surface area contributed by atoms with E-state index in [1.165, 1.54) is 0 Å². The number of carbonyl (C=O) groups is 1. The molecule has 168 valence electrons. The molecule has 30 heavy (non-hydrogen) atoms. The van der Waals surface area contributed by atoms with Crippen LogP contribution in [0.15, 0.2) is 29.3 Å². The van der Waals surface area contributed by atoms with Crippen molar-refractivity contribution in [3.05, 3.63) is 24.3 Å². The lowest BCUT2D eigenvalue weighted by Crippen LogP contribution is -2.47. The quantitative estimate of drug-likeness (QED) is 0.424. The van der Waals surface area contributed by atoms with Crippen LogP contribution >= 0.6 is 0 Å². The molecule has 0 aliphatic heterocycles. The SMILES string of the molecule is CCNC(=NCC(C)Oc1cccc(OC)c1)NC1CCCC(C(=O)NC(C)C)C1. The van der Waals surface area contributed by atoms with E-state index >= 15 is 0 Å². The van der Waals surface area contributed by atoms with Gasteiger partial charge in [0.2, 0.25) is 5.91 Å². The predicted molar refractivity (Wildman–Crippen MR) is 121 cm³/mol. The molecule has 1 aliphatic rings. The summed E-state index contributed by atoms with van der Waals surface area (Å²) in [5.74, 6) is 2.54. The third kappa shape index (κ3) is 8.13. The van der Waals surface area contributed by atoms with E-state index in [1.807, 2.05) is 52.0 Å². The molecule has 0 saturated heterocycles. The van der Waals surface area contributed by atoms with Crippen molar-refractivity contribution in [2.24, 2.45) is 10.9 Å². The van der Waals surface area contributed by atoms with Gasteiger partial charge in [0.15, 0.2) is 5.96 Å². The zero-order valence-corrected chi connectivity index (χ0v) is 19.0. The van der Waals surface area contributed by atoms with Gasteiger partial charge in [-0.2, -0.15) is 0 Å². The first-order valence-corrected chi connectivity index (χ1v) is 11.1. The number of ether oxygens (including phenoxy) is 2. The number of aliphatic imine (C=N–C) groups is 1. The summed E-state index contributed by atoms with van der Waals surface area (Å²) in [6, 6.07) is 8.00. The van der Waals surface area contributed by atoms with E-state index in [9.17, 15) is 4.79 Å². The van der Waals surface area contributed by atoms with Crippen molar-refractivity contribution in [2.45, 2.75) is 71.6 Å². The second-order valence-electron chi connectivity index (χ2n) is 8.20. The van der Waals surface area contributed by atoms with Crippen LogP contribution in [0.3, 0.4) is 0 Å².